The van der Waals surface area contributed by atoms with Gasteiger partial charge < -0.3 is 10.5 Å². The van der Waals surface area contributed by atoms with Crippen LogP contribution < -0.4 is 10.5 Å². The number of carbonyl (C=O) groups excluding carboxylic acids is 1. The molecular weight excluding hydrogens is 256 g/mol. The van der Waals surface area contributed by atoms with Gasteiger partial charge >= 0.3 is 5.97 Å². The van der Waals surface area contributed by atoms with E-state index in [0.717, 1.165) is 0 Å². The first-order chi connectivity index (χ1) is 8.42. The van der Waals surface area contributed by atoms with Crippen molar-refractivity contribution < 1.29 is 17.9 Å². The molecule has 6 nitrogen and oxygen atoms in total. The maximum atomic E-state index is 11.8. The van der Waals surface area contributed by atoms with Crippen molar-refractivity contribution >= 4 is 16.0 Å². The molecule has 0 heterocycles. The Balaban J connectivity index is 3.08. The van der Waals surface area contributed by atoms with Gasteiger partial charge in [0, 0.05) is 13.1 Å². The molecule has 7 heteroatoms. The van der Waals surface area contributed by atoms with Gasteiger partial charge in [-0.3, -0.25) is 0 Å². The summed E-state index contributed by atoms with van der Waals surface area (Å²) in [5, 5.41) is 0. The van der Waals surface area contributed by atoms with E-state index in [2.05, 4.69) is 9.46 Å². The van der Waals surface area contributed by atoms with E-state index in [-0.39, 0.29) is 18.0 Å². The first-order valence-corrected chi connectivity index (χ1v) is 6.79. The van der Waals surface area contributed by atoms with Gasteiger partial charge in [-0.1, -0.05) is 0 Å². The van der Waals surface area contributed by atoms with E-state index in [1.54, 1.807) is 6.92 Å². The molecule has 0 saturated heterocycles. The number of hydrogen-bond donors (Lipinski definition) is 2. The molecule has 0 radical (unpaired) electrons. The lowest BCUT2D eigenvalue weighted by Crippen LogP contribution is -2.29. The Morgan fingerprint density at radius 2 is 2.11 bits per heavy atom. The van der Waals surface area contributed by atoms with Crippen molar-refractivity contribution in [3.05, 3.63) is 29.3 Å². The van der Waals surface area contributed by atoms with Crippen LogP contribution in [-0.4, -0.2) is 34.6 Å². The van der Waals surface area contributed by atoms with Crippen LogP contribution in [0.1, 0.15) is 15.9 Å². The molecule has 0 aliphatic rings. The quantitative estimate of drug-likeness (QED) is 0.736. The molecule has 0 fully saturated rings. The summed E-state index contributed by atoms with van der Waals surface area (Å²) in [4.78, 5) is 11.5. The molecule has 0 saturated carbocycles. The predicted octanol–water partition coefficient (Wildman–Crippen LogP) is 0.0186. The Morgan fingerprint density at radius 3 is 2.61 bits per heavy atom. The van der Waals surface area contributed by atoms with E-state index < -0.39 is 16.0 Å². The number of hydrogen-bond acceptors (Lipinski definition) is 5. The van der Waals surface area contributed by atoms with Crippen LogP contribution in [0.3, 0.4) is 0 Å². The molecule has 1 aromatic rings. The van der Waals surface area contributed by atoms with Crippen LogP contribution >= 0.6 is 0 Å². The Morgan fingerprint density at radius 1 is 1.44 bits per heavy atom. The number of nitrogens with one attached hydrogen (secondary N) is 1. The zero-order valence-corrected chi connectivity index (χ0v) is 11.1. The van der Waals surface area contributed by atoms with Gasteiger partial charge in [0.15, 0.2) is 0 Å². The number of carbonyl (C=O) groups is 1. The Labute approximate surface area is 106 Å². The minimum atomic E-state index is -3.58. The normalized spacial score (nSPS) is 11.3. The van der Waals surface area contributed by atoms with E-state index >= 15 is 0 Å². The lowest BCUT2D eigenvalue weighted by molar-refractivity contribution is 0.0600. The van der Waals surface area contributed by atoms with Gasteiger partial charge in [0.2, 0.25) is 10.0 Å². The van der Waals surface area contributed by atoms with Crippen LogP contribution in [-0.2, 0) is 14.8 Å². The zero-order chi connectivity index (χ0) is 13.8. The van der Waals surface area contributed by atoms with Gasteiger partial charge in [0.05, 0.1) is 17.6 Å². The highest BCUT2D eigenvalue weighted by Crippen LogP contribution is 2.16. The minimum Gasteiger partial charge on any atom is -0.465 e. The monoisotopic (exact) mass is 272 g/mol. The largest absolute Gasteiger partial charge is 0.465 e. The second-order valence-corrected chi connectivity index (χ2v) is 5.42. The SMILES string of the molecule is COC(=O)c1ccc(S(=O)(=O)NCCN)cc1C. The smallest absolute Gasteiger partial charge is 0.338 e. The third kappa shape index (κ3) is 3.28. The molecule has 0 aliphatic heterocycles. The third-order valence-corrected chi connectivity index (χ3v) is 3.81. The summed E-state index contributed by atoms with van der Waals surface area (Å²) < 4.78 is 30.6. The van der Waals surface area contributed by atoms with Crippen LogP contribution in [0.5, 0.6) is 0 Å². The fourth-order valence-electron chi connectivity index (χ4n) is 1.42. The van der Waals surface area contributed by atoms with Crippen molar-refractivity contribution in [1.29, 1.82) is 0 Å². The Kier molecular flexibility index (Phi) is 4.83. The molecule has 1 aromatic carbocycles. The summed E-state index contributed by atoms with van der Waals surface area (Å²) in [6, 6.07) is 4.21. The van der Waals surface area contributed by atoms with Crippen molar-refractivity contribution in [2.45, 2.75) is 11.8 Å². The van der Waals surface area contributed by atoms with Crippen molar-refractivity contribution in [3.63, 3.8) is 0 Å². The fraction of sp³-hybridized carbons (Fsp3) is 0.364. The summed E-state index contributed by atoms with van der Waals surface area (Å²) in [5.74, 6) is -0.494. The van der Waals surface area contributed by atoms with Crippen LogP contribution in [0.2, 0.25) is 0 Å². The number of ether oxygens (including phenoxy) is 1. The standard InChI is InChI=1S/C11H16N2O4S/c1-8-7-9(18(15,16)13-6-5-12)3-4-10(8)11(14)17-2/h3-4,7,13H,5-6,12H2,1-2H3. The number of rotatable bonds is 5. The summed E-state index contributed by atoms with van der Waals surface area (Å²) in [5.41, 5.74) is 6.12. The van der Waals surface area contributed by atoms with Gasteiger partial charge in [-0.15, -0.1) is 0 Å². The average Bonchev–Trinajstić information content (AvgIpc) is 2.35. The average molecular weight is 272 g/mol. The van der Waals surface area contributed by atoms with E-state index in [4.69, 9.17) is 5.73 Å². The van der Waals surface area contributed by atoms with Gasteiger partial charge in [-0.2, -0.15) is 0 Å². The second kappa shape index (κ2) is 5.94. The number of nitrogens with two attached hydrogens (primary N) is 1. The summed E-state index contributed by atoms with van der Waals surface area (Å²) in [6.07, 6.45) is 0. The molecule has 3 N–H and O–H groups in total. The number of methoxy groups -OCH3 is 1. The molecule has 0 spiro atoms. The molecular formula is C11H16N2O4S. The van der Waals surface area contributed by atoms with E-state index in [1.807, 2.05) is 0 Å². The van der Waals surface area contributed by atoms with E-state index in [0.29, 0.717) is 11.1 Å². The lowest BCUT2D eigenvalue weighted by atomic mass is 10.1. The molecule has 1 rings (SSSR count). The van der Waals surface area contributed by atoms with Gasteiger partial charge in [0.25, 0.3) is 0 Å². The molecule has 100 valence electrons. The highest BCUT2D eigenvalue weighted by atomic mass is 32.2. The second-order valence-electron chi connectivity index (χ2n) is 3.65. The molecule has 0 atom stereocenters. The van der Waals surface area contributed by atoms with Gasteiger partial charge in [-0.25, -0.2) is 17.9 Å². The Bertz CT molecular complexity index is 540. The number of aryl methyl sites for hydroxylation is 1. The highest BCUT2D eigenvalue weighted by Gasteiger charge is 2.16. The number of esters is 1. The molecule has 0 aromatic heterocycles. The van der Waals surface area contributed by atoms with Crippen molar-refractivity contribution in [1.82, 2.24) is 4.72 Å². The molecule has 0 bridgehead atoms. The fourth-order valence-corrected chi connectivity index (χ4v) is 2.55. The first kappa shape index (κ1) is 14.6. The van der Waals surface area contributed by atoms with Crippen molar-refractivity contribution in [2.75, 3.05) is 20.2 Å². The maximum Gasteiger partial charge on any atom is 0.338 e. The van der Waals surface area contributed by atoms with Crippen molar-refractivity contribution in [2.24, 2.45) is 5.73 Å². The lowest BCUT2D eigenvalue weighted by Gasteiger charge is -2.08. The van der Waals surface area contributed by atoms with E-state index in [9.17, 15) is 13.2 Å². The highest BCUT2D eigenvalue weighted by molar-refractivity contribution is 7.89. The maximum absolute atomic E-state index is 11.8. The summed E-state index contributed by atoms with van der Waals surface area (Å²) in [6.45, 7) is 2.03. The summed E-state index contributed by atoms with van der Waals surface area (Å²) in [7, 11) is -2.30. The van der Waals surface area contributed by atoms with Gasteiger partial charge in [0.1, 0.15) is 0 Å². The summed E-state index contributed by atoms with van der Waals surface area (Å²) >= 11 is 0. The molecule has 0 amide bonds. The minimum absolute atomic E-state index is 0.0982. The van der Waals surface area contributed by atoms with Crippen LogP contribution in [0.15, 0.2) is 23.1 Å². The van der Waals surface area contributed by atoms with Crippen LogP contribution in [0.25, 0.3) is 0 Å². The zero-order valence-electron chi connectivity index (χ0n) is 10.3. The molecule has 0 aliphatic carbocycles. The predicted molar refractivity (Wildman–Crippen MR) is 66.8 cm³/mol. The van der Waals surface area contributed by atoms with Crippen LogP contribution in [0.4, 0.5) is 0 Å². The molecule has 0 unspecified atom stereocenters. The van der Waals surface area contributed by atoms with Gasteiger partial charge in [-0.05, 0) is 30.7 Å². The number of benzene rings is 1. The number of sulfonamides is 1. The first-order valence-electron chi connectivity index (χ1n) is 5.31. The third-order valence-electron chi connectivity index (χ3n) is 2.35. The van der Waals surface area contributed by atoms with Crippen molar-refractivity contribution in [3.8, 4) is 0 Å². The topological polar surface area (TPSA) is 98.5 Å². The van der Waals surface area contributed by atoms with Crippen LogP contribution in [0, 0.1) is 6.92 Å². The Hall–Kier alpha value is -1.44. The molecule has 18 heavy (non-hydrogen) atoms. The van der Waals surface area contributed by atoms with E-state index in [1.165, 1.54) is 25.3 Å².